The van der Waals surface area contributed by atoms with Gasteiger partial charge in [0.25, 0.3) is 0 Å². The van der Waals surface area contributed by atoms with Crippen LogP contribution in [0.15, 0.2) is 0 Å². The Morgan fingerprint density at radius 1 is 1.69 bits per heavy atom. The lowest BCUT2D eigenvalue weighted by Crippen LogP contribution is -2.19. The average molecular weight is 198 g/mol. The van der Waals surface area contributed by atoms with Crippen LogP contribution in [0.3, 0.4) is 0 Å². The number of hydrogen-bond acceptors (Lipinski definition) is 4. The van der Waals surface area contributed by atoms with Gasteiger partial charge in [-0.15, -0.1) is 11.3 Å². The van der Waals surface area contributed by atoms with Crippen molar-refractivity contribution in [2.75, 3.05) is 7.05 Å². The summed E-state index contributed by atoms with van der Waals surface area (Å²) >= 11 is 1.64. The molecular formula is C9H14N2OS. The summed E-state index contributed by atoms with van der Waals surface area (Å²) in [7, 11) is 1.98. The van der Waals surface area contributed by atoms with E-state index in [1.807, 2.05) is 7.05 Å². The summed E-state index contributed by atoms with van der Waals surface area (Å²) in [6, 6.07) is 0.460. The van der Waals surface area contributed by atoms with E-state index in [1.54, 1.807) is 11.3 Å². The molecule has 1 aromatic rings. The summed E-state index contributed by atoms with van der Waals surface area (Å²) in [5.74, 6) is 0. The van der Waals surface area contributed by atoms with Crippen LogP contribution in [0.4, 0.5) is 0 Å². The number of aryl methyl sites for hydroxylation is 1. The Hall–Kier alpha value is -0.450. The minimum absolute atomic E-state index is 0.0775. The smallest absolute Gasteiger partial charge is 0.119 e. The van der Waals surface area contributed by atoms with Gasteiger partial charge in [-0.25, -0.2) is 4.98 Å². The van der Waals surface area contributed by atoms with E-state index in [4.69, 9.17) is 5.11 Å². The fraction of sp³-hybridized carbons (Fsp3) is 0.667. The molecule has 0 aliphatic heterocycles. The number of nitrogens with zero attached hydrogens (tertiary/aromatic N) is 1. The molecule has 13 heavy (non-hydrogen) atoms. The molecule has 0 amide bonds. The highest BCUT2D eigenvalue weighted by Gasteiger charge is 2.22. The Kier molecular flexibility index (Phi) is 2.62. The Bertz CT molecular complexity index is 298. The second kappa shape index (κ2) is 3.74. The molecule has 0 saturated heterocycles. The molecule has 2 rings (SSSR count). The van der Waals surface area contributed by atoms with Gasteiger partial charge in [0.1, 0.15) is 5.01 Å². The van der Waals surface area contributed by atoms with E-state index in [0.717, 1.165) is 11.4 Å². The van der Waals surface area contributed by atoms with Crippen molar-refractivity contribution in [3.05, 3.63) is 15.6 Å². The van der Waals surface area contributed by atoms with Gasteiger partial charge in [-0.1, -0.05) is 0 Å². The SMILES string of the molecule is CNC1CCCc2nc(CO)sc21. The third kappa shape index (κ3) is 1.61. The summed E-state index contributed by atoms with van der Waals surface area (Å²) in [5, 5.41) is 13.1. The normalized spacial score (nSPS) is 21.5. The lowest BCUT2D eigenvalue weighted by Gasteiger charge is -2.20. The van der Waals surface area contributed by atoms with Gasteiger partial charge in [-0.2, -0.15) is 0 Å². The van der Waals surface area contributed by atoms with Crippen LogP contribution in [0, 0.1) is 0 Å². The fourth-order valence-electron chi connectivity index (χ4n) is 1.81. The molecule has 0 spiro atoms. The number of nitrogens with one attached hydrogen (secondary N) is 1. The highest BCUT2D eigenvalue weighted by atomic mass is 32.1. The fourth-order valence-corrected chi connectivity index (χ4v) is 2.93. The van der Waals surface area contributed by atoms with Crippen molar-refractivity contribution >= 4 is 11.3 Å². The monoisotopic (exact) mass is 198 g/mol. The van der Waals surface area contributed by atoms with E-state index in [0.29, 0.717) is 6.04 Å². The predicted molar refractivity (Wildman–Crippen MR) is 52.8 cm³/mol. The van der Waals surface area contributed by atoms with Crippen molar-refractivity contribution in [2.45, 2.75) is 31.9 Å². The largest absolute Gasteiger partial charge is 0.389 e. The molecule has 1 atom stereocenters. The lowest BCUT2D eigenvalue weighted by molar-refractivity contribution is 0.281. The molecule has 3 nitrogen and oxygen atoms in total. The summed E-state index contributed by atoms with van der Waals surface area (Å²) in [6.45, 7) is 0.0775. The molecule has 0 aromatic carbocycles. The van der Waals surface area contributed by atoms with Crippen molar-refractivity contribution in [2.24, 2.45) is 0 Å². The summed E-state index contributed by atoms with van der Waals surface area (Å²) in [6.07, 6.45) is 3.47. The van der Waals surface area contributed by atoms with Crippen molar-refractivity contribution < 1.29 is 5.11 Å². The van der Waals surface area contributed by atoms with Crippen LogP contribution in [0.25, 0.3) is 0 Å². The molecule has 0 bridgehead atoms. The summed E-state index contributed by atoms with van der Waals surface area (Å²) < 4.78 is 0. The third-order valence-electron chi connectivity index (χ3n) is 2.48. The second-order valence-corrected chi connectivity index (χ2v) is 4.43. The summed E-state index contributed by atoms with van der Waals surface area (Å²) in [5.41, 5.74) is 1.19. The number of aliphatic hydroxyl groups is 1. The van der Waals surface area contributed by atoms with E-state index in [-0.39, 0.29) is 6.61 Å². The predicted octanol–water partition coefficient (Wildman–Crippen LogP) is 1.23. The maximum atomic E-state index is 8.97. The van der Waals surface area contributed by atoms with E-state index in [2.05, 4.69) is 10.3 Å². The quantitative estimate of drug-likeness (QED) is 0.751. The first-order valence-corrected chi connectivity index (χ1v) is 5.43. The number of rotatable bonds is 2. The third-order valence-corrected chi connectivity index (χ3v) is 3.67. The summed E-state index contributed by atoms with van der Waals surface area (Å²) in [4.78, 5) is 5.73. The van der Waals surface area contributed by atoms with Crippen molar-refractivity contribution in [3.8, 4) is 0 Å². The number of fused-ring (bicyclic) bond motifs is 1. The Morgan fingerprint density at radius 3 is 3.23 bits per heavy atom. The van der Waals surface area contributed by atoms with Gasteiger partial charge in [0.05, 0.1) is 12.3 Å². The molecule has 4 heteroatoms. The number of hydrogen-bond donors (Lipinski definition) is 2. The number of aromatic nitrogens is 1. The van der Waals surface area contributed by atoms with Crippen LogP contribution in [0.1, 0.15) is 34.5 Å². The molecule has 1 aromatic heterocycles. The van der Waals surface area contributed by atoms with E-state index in [9.17, 15) is 0 Å². The zero-order chi connectivity index (χ0) is 9.26. The van der Waals surface area contributed by atoms with Crippen molar-refractivity contribution in [1.29, 1.82) is 0 Å². The van der Waals surface area contributed by atoms with Crippen LogP contribution in [-0.2, 0) is 13.0 Å². The molecule has 2 N–H and O–H groups in total. The molecule has 1 heterocycles. The highest BCUT2D eigenvalue weighted by molar-refractivity contribution is 7.11. The van der Waals surface area contributed by atoms with Crippen LogP contribution in [0.5, 0.6) is 0 Å². The highest BCUT2D eigenvalue weighted by Crippen LogP contribution is 2.33. The molecule has 0 fully saturated rings. The van der Waals surface area contributed by atoms with Gasteiger partial charge in [-0.3, -0.25) is 0 Å². The maximum Gasteiger partial charge on any atom is 0.119 e. The van der Waals surface area contributed by atoms with Gasteiger partial charge in [0, 0.05) is 10.9 Å². The standard InChI is InChI=1S/C9H14N2OS/c1-10-6-3-2-4-7-9(6)13-8(5-12)11-7/h6,10,12H,2-5H2,1H3. The van der Waals surface area contributed by atoms with Crippen LogP contribution in [-0.4, -0.2) is 17.1 Å². The molecular weight excluding hydrogens is 184 g/mol. The zero-order valence-corrected chi connectivity index (χ0v) is 8.52. The Labute approximate surface area is 81.8 Å². The number of aliphatic hydroxyl groups excluding tert-OH is 1. The number of thiazole rings is 1. The van der Waals surface area contributed by atoms with Gasteiger partial charge in [-0.05, 0) is 26.3 Å². The minimum Gasteiger partial charge on any atom is -0.389 e. The first-order chi connectivity index (χ1) is 6.35. The van der Waals surface area contributed by atoms with Crippen molar-refractivity contribution in [3.63, 3.8) is 0 Å². The molecule has 1 aliphatic rings. The Balaban J connectivity index is 2.32. The van der Waals surface area contributed by atoms with Crippen molar-refractivity contribution in [1.82, 2.24) is 10.3 Å². The first-order valence-electron chi connectivity index (χ1n) is 4.61. The lowest BCUT2D eigenvalue weighted by atomic mass is 9.98. The molecule has 1 aliphatic carbocycles. The first kappa shape index (κ1) is 9.12. The second-order valence-electron chi connectivity index (χ2n) is 3.31. The maximum absolute atomic E-state index is 8.97. The van der Waals surface area contributed by atoms with Crippen LogP contribution in [0.2, 0.25) is 0 Å². The molecule has 72 valence electrons. The van der Waals surface area contributed by atoms with E-state index in [1.165, 1.54) is 23.4 Å². The molecule has 0 saturated carbocycles. The Morgan fingerprint density at radius 2 is 2.54 bits per heavy atom. The van der Waals surface area contributed by atoms with Crippen LogP contribution >= 0.6 is 11.3 Å². The minimum atomic E-state index is 0.0775. The van der Waals surface area contributed by atoms with Gasteiger partial charge in [0.15, 0.2) is 0 Å². The van der Waals surface area contributed by atoms with Gasteiger partial charge in [0.2, 0.25) is 0 Å². The zero-order valence-electron chi connectivity index (χ0n) is 7.71. The van der Waals surface area contributed by atoms with Crippen LogP contribution < -0.4 is 5.32 Å². The van der Waals surface area contributed by atoms with E-state index >= 15 is 0 Å². The topological polar surface area (TPSA) is 45.2 Å². The van der Waals surface area contributed by atoms with Gasteiger partial charge < -0.3 is 10.4 Å². The average Bonchev–Trinajstić information content (AvgIpc) is 2.59. The van der Waals surface area contributed by atoms with E-state index < -0.39 is 0 Å². The molecule has 0 radical (unpaired) electrons. The molecule has 1 unspecified atom stereocenters. The van der Waals surface area contributed by atoms with Gasteiger partial charge >= 0.3 is 0 Å².